The molecule has 0 heterocycles. The van der Waals surface area contributed by atoms with Crippen LogP contribution >= 0.6 is 11.6 Å². The van der Waals surface area contributed by atoms with Crippen molar-refractivity contribution in [3.63, 3.8) is 0 Å². The highest BCUT2D eigenvalue weighted by molar-refractivity contribution is 6.31. The molecule has 1 N–H and O–H groups in total. The molecular formula is C8H5ClFNO4. The fraction of sp³-hybridized carbons (Fsp3) is 0.125. The predicted molar refractivity (Wildman–Crippen MR) is 49.8 cm³/mol. The fourth-order valence-electron chi connectivity index (χ4n) is 1.03. The Labute approximate surface area is 88.2 Å². The molecule has 0 radical (unpaired) electrons. The maximum atomic E-state index is 13.1. The SMILES string of the molecule is O=C(CCl)c1ccc(O)c(F)c1[N+](=O)[O-]. The number of phenolic OH excluding ortho intramolecular Hbond substituents is 1. The Morgan fingerprint density at radius 3 is 2.67 bits per heavy atom. The van der Waals surface area contributed by atoms with Crippen molar-refractivity contribution in [1.29, 1.82) is 0 Å². The monoisotopic (exact) mass is 233 g/mol. The van der Waals surface area contributed by atoms with E-state index in [-0.39, 0.29) is 0 Å². The van der Waals surface area contributed by atoms with Gasteiger partial charge in [0.1, 0.15) is 0 Å². The van der Waals surface area contributed by atoms with Crippen LogP contribution in [0.2, 0.25) is 0 Å². The molecule has 0 atom stereocenters. The molecule has 0 saturated heterocycles. The average Bonchev–Trinajstić information content (AvgIpc) is 2.20. The highest BCUT2D eigenvalue weighted by Crippen LogP contribution is 2.29. The summed E-state index contributed by atoms with van der Waals surface area (Å²) in [5, 5.41) is 19.4. The van der Waals surface area contributed by atoms with Gasteiger partial charge in [-0.1, -0.05) is 0 Å². The molecule has 0 fully saturated rings. The van der Waals surface area contributed by atoms with Crippen molar-refractivity contribution in [2.45, 2.75) is 0 Å². The first-order valence-electron chi connectivity index (χ1n) is 3.74. The standard InChI is InChI=1S/C8H5ClFNO4/c9-3-6(13)4-1-2-5(12)7(10)8(4)11(14)15/h1-2,12H,3H2. The van der Waals surface area contributed by atoms with E-state index < -0.39 is 39.4 Å². The van der Waals surface area contributed by atoms with Gasteiger partial charge < -0.3 is 5.11 Å². The van der Waals surface area contributed by atoms with Crippen molar-refractivity contribution >= 4 is 23.1 Å². The van der Waals surface area contributed by atoms with E-state index in [2.05, 4.69) is 0 Å². The molecule has 1 rings (SSSR count). The van der Waals surface area contributed by atoms with Crippen LogP contribution in [-0.4, -0.2) is 21.7 Å². The Morgan fingerprint density at radius 2 is 2.20 bits per heavy atom. The maximum Gasteiger partial charge on any atom is 0.319 e. The molecule has 0 aliphatic heterocycles. The number of carbonyl (C=O) groups is 1. The van der Waals surface area contributed by atoms with Gasteiger partial charge in [0.25, 0.3) is 0 Å². The summed E-state index contributed by atoms with van der Waals surface area (Å²) in [5.74, 6) is -3.59. The van der Waals surface area contributed by atoms with Crippen LogP contribution < -0.4 is 0 Å². The van der Waals surface area contributed by atoms with Gasteiger partial charge in [-0.15, -0.1) is 11.6 Å². The van der Waals surface area contributed by atoms with Crippen LogP contribution in [0.4, 0.5) is 10.1 Å². The molecule has 0 saturated carbocycles. The lowest BCUT2D eigenvalue weighted by molar-refractivity contribution is -0.387. The second kappa shape index (κ2) is 4.22. The molecule has 0 aliphatic carbocycles. The summed E-state index contributed by atoms with van der Waals surface area (Å²) in [6, 6.07) is 1.82. The molecule has 7 heteroatoms. The quantitative estimate of drug-likeness (QED) is 0.374. The minimum absolute atomic E-state index is 0.453. The van der Waals surface area contributed by atoms with E-state index in [0.29, 0.717) is 0 Å². The number of Topliss-reactive ketones (excluding diaryl/α,β-unsaturated/α-hetero) is 1. The van der Waals surface area contributed by atoms with Gasteiger partial charge in [0.2, 0.25) is 5.82 Å². The fourth-order valence-corrected chi connectivity index (χ4v) is 1.17. The molecule has 0 unspecified atom stereocenters. The van der Waals surface area contributed by atoms with E-state index in [9.17, 15) is 19.3 Å². The number of hydrogen-bond acceptors (Lipinski definition) is 4. The van der Waals surface area contributed by atoms with Gasteiger partial charge in [0.15, 0.2) is 11.5 Å². The minimum Gasteiger partial charge on any atom is -0.505 e. The van der Waals surface area contributed by atoms with E-state index in [1.54, 1.807) is 0 Å². The molecule has 15 heavy (non-hydrogen) atoms. The zero-order valence-corrected chi connectivity index (χ0v) is 7.99. The van der Waals surface area contributed by atoms with Crippen LogP contribution in [0.15, 0.2) is 12.1 Å². The second-order valence-corrected chi connectivity index (χ2v) is 2.88. The van der Waals surface area contributed by atoms with Crippen molar-refractivity contribution in [1.82, 2.24) is 0 Å². The number of rotatable bonds is 3. The lowest BCUT2D eigenvalue weighted by Gasteiger charge is -2.02. The Hall–Kier alpha value is -1.69. The maximum absolute atomic E-state index is 13.1. The number of halogens is 2. The summed E-state index contributed by atoms with van der Waals surface area (Å²) in [4.78, 5) is 20.5. The van der Waals surface area contributed by atoms with E-state index in [1.807, 2.05) is 0 Å². The molecule has 1 aromatic carbocycles. The van der Waals surface area contributed by atoms with E-state index in [4.69, 9.17) is 16.7 Å². The van der Waals surface area contributed by atoms with Crippen molar-refractivity contribution in [2.24, 2.45) is 0 Å². The van der Waals surface area contributed by atoms with Gasteiger partial charge in [-0.3, -0.25) is 14.9 Å². The third-order valence-electron chi connectivity index (χ3n) is 1.70. The molecule has 0 aromatic heterocycles. The molecule has 1 aromatic rings. The zero-order valence-electron chi connectivity index (χ0n) is 7.24. The molecule has 0 amide bonds. The predicted octanol–water partition coefficient (Wildman–Crippen LogP) is 1.86. The Kier molecular flexibility index (Phi) is 3.21. The van der Waals surface area contributed by atoms with E-state index in [1.165, 1.54) is 0 Å². The second-order valence-electron chi connectivity index (χ2n) is 2.61. The van der Waals surface area contributed by atoms with E-state index >= 15 is 0 Å². The van der Waals surface area contributed by atoms with Crippen LogP contribution in [0.5, 0.6) is 5.75 Å². The lowest BCUT2D eigenvalue weighted by Crippen LogP contribution is -2.06. The summed E-state index contributed by atoms with van der Waals surface area (Å²) in [6.07, 6.45) is 0. The molecule has 0 spiro atoms. The van der Waals surface area contributed by atoms with Crippen LogP contribution in [0.3, 0.4) is 0 Å². The largest absolute Gasteiger partial charge is 0.505 e. The number of aromatic hydroxyl groups is 1. The lowest BCUT2D eigenvalue weighted by atomic mass is 10.1. The van der Waals surface area contributed by atoms with Crippen LogP contribution in [0.1, 0.15) is 10.4 Å². The highest BCUT2D eigenvalue weighted by Gasteiger charge is 2.26. The summed E-state index contributed by atoms with van der Waals surface area (Å²) < 4.78 is 13.1. The molecular weight excluding hydrogens is 229 g/mol. The van der Waals surface area contributed by atoms with Gasteiger partial charge in [-0.05, 0) is 12.1 Å². The summed E-state index contributed by atoms with van der Waals surface area (Å²) in [5.41, 5.74) is -1.51. The van der Waals surface area contributed by atoms with Crippen molar-refractivity contribution in [3.05, 3.63) is 33.6 Å². The first-order chi connectivity index (χ1) is 6.99. The van der Waals surface area contributed by atoms with Crippen LogP contribution in [0.25, 0.3) is 0 Å². The van der Waals surface area contributed by atoms with Crippen molar-refractivity contribution < 1.29 is 19.2 Å². The third-order valence-corrected chi connectivity index (χ3v) is 1.94. The summed E-state index contributed by atoms with van der Waals surface area (Å²) >= 11 is 5.20. The number of nitro benzene ring substituents is 1. The number of nitrogens with zero attached hydrogens (tertiary/aromatic N) is 1. The number of hydrogen-bond donors (Lipinski definition) is 1. The third kappa shape index (κ3) is 2.04. The number of carbonyl (C=O) groups excluding carboxylic acids is 1. The van der Waals surface area contributed by atoms with Gasteiger partial charge in [-0.25, -0.2) is 0 Å². The minimum atomic E-state index is -1.43. The average molecular weight is 234 g/mol. The normalized spacial score (nSPS) is 10.0. The smallest absolute Gasteiger partial charge is 0.319 e. The topological polar surface area (TPSA) is 80.4 Å². The van der Waals surface area contributed by atoms with Crippen molar-refractivity contribution in [3.8, 4) is 5.75 Å². The summed E-state index contributed by atoms with van der Waals surface area (Å²) in [6.45, 7) is 0. The Morgan fingerprint density at radius 1 is 1.60 bits per heavy atom. The van der Waals surface area contributed by atoms with Crippen molar-refractivity contribution in [2.75, 3.05) is 5.88 Å². The Bertz CT molecular complexity index is 435. The number of ketones is 1. The van der Waals surface area contributed by atoms with Gasteiger partial charge in [0.05, 0.1) is 16.4 Å². The molecule has 0 bridgehead atoms. The van der Waals surface area contributed by atoms with Gasteiger partial charge >= 0.3 is 5.69 Å². The zero-order chi connectivity index (χ0) is 11.6. The first-order valence-corrected chi connectivity index (χ1v) is 4.27. The number of alkyl halides is 1. The molecule has 80 valence electrons. The molecule has 0 aliphatic rings. The number of benzene rings is 1. The van der Waals surface area contributed by atoms with Crippen LogP contribution in [-0.2, 0) is 0 Å². The highest BCUT2D eigenvalue weighted by atomic mass is 35.5. The number of nitro groups is 1. The van der Waals surface area contributed by atoms with Gasteiger partial charge in [0, 0.05) is 0 Å². The number of phenols is 1. The Balaban J connectivity index is 3.46. The van der Waals surface area contributed by atoms with Gasteiger partial charge in [-0.2, -0.15) is 4.39 Å². The summed E-state index contributed by atoms with van der Waals surface area (Å²) in [7, 11) is 0. The first kappa shape index (κ1) is 11.4. The van der Waals surface area contributed by atoms with Crippen LogP contribution in [0, 0.1) is 15.9 Å². The molecule has 5 nitrogen and oxygen atoms in total. The van der Waals surface area contributed by atoms with E-state index in [0.717, 1.165) is 12.1 Å².